The van der Waals surface area contributed by atoms with E-state index < -0.39 is 17.7 Å². The van der Waals surface area contributed by atoms with Crippen LogP contribution < -0.4 is 4.74 Å². The van der Waals surface area contributed by atoms with Crippen LogP contribution in [0, 0.1) is 6.92 Å². The molecule has 0 aliphatic carbocycles. The van der Waals surface area contributed by atoms with E-state index in [4.69, 9.17) is 9.15 Å². The van der Waals surface area contributed by atoms with Gasteiger partial charge < -0.3 is 14.3 Å². The van der Waals surface area contributed by atoms with Crippen LogP contribution in [0.5, 0.6) is 5.75 Å². The first-order valence-corrected chi connectivity index (χ1v) is 7.31. The summed E-state index contributed by atoms with van der Waals surface area (Å²) < 4.78 is 49.8. The molecule has 0 saturated carbocycles. The number of alkyl halides is 3. The normalized spacial score (nSPS) is 11.7. The van der Waals surface area contributed by atoms with E-state index in [-0.39, 0.29) is 29.2 Å². The molecule has 2 aromatic carbocycles. The van der Waals surface area contributed by atoms with Crippen molar-refractivity contribution in [1.29, 1.82) is 0 Å². The largest absolute Gasteiger partial charge is 0.489 e. The fourth-order valence-electron chi connectivity index (χ4n) is 2.64. The molecule has 1 N–H and O–H groups in total. The number of hydrogen-bond donors (Lipinski definition) is 1. The molecule has 1 aromatic heterocycles. The van der Waals surface area contributed by atoms with Crippen LogP contribution in [0.1, 0.15) is 27.2 Å². The van der Waals surface area contributed by atoms with Crippen molar-refractivity contribution in [3.63, 3.8) is 0 Å². The highest BCUT2D eigenvalue weighted by atomic mass is 19.4. The molecule has 0 unspecified atom stereocenters. The number of rotatable bonds is 4. The molecule has 0 fully saturated rings. The minimum absolute atomic E-state index is 0.00284. The van der Waals surface area contributed by atoms with E-state index in [0.717, 1.165) is 6.07 Å². The number of benzene rings is 2. The summed E-state index contributed by atoms with van der Waals surface area (Å²) in [5.41, 5.74) is -0.382. The highest BCUT2D eigenvalue weighted by Gasteiger charge is 2.33. The van der Waals surface area contributed by atoms with E-state index in [1.54, 1.807) is 0 Å². The number of hydrogen-bond acceptors (Lipinski definition) is 3. The molecule has 0 aliphatic heterocycles. The summed E-state index contributed by atoms with van der Waals surface area (Å²) in [6.45, 7) is 1.24. The molecule has 0 aliphatic rings. The van der Waals surface area contributed by atoms with E-state index in [0.29, 0.717) is 11.0 Å². The Labute approximate surface area is 140 Å². The minimum Gasteiger partial charge on any atom is -0.489 e. The lowest BCUT2D eigenvalue weighted by atomic mass is 10.1. The fourth-order valence-corrected chi connectivity index (χ4v) is 2.64. The summed E-state index contributed by atoms with van der Waals surface area (Å²) in [4.78, 5) is 11.3. The van der Waals surface area contributed by atoms with Gasteiger partial charge in [0.25, 0.3) is 0 Å². The number of halogens is 3. The van der Waals surface area contributed by atoms with Crippen LogP contribution in [0.25, 0.3) is 11.0 Å². The van der Waals surface area contributed by atoms with E-state index in [1.165, 1.54) is 43.3 Å². The Hall–Kier alpha value is -2.96. The fraction of sp³-hybridized carbons (Fsp3) is 0.167. The summed E-state index contributed by atoms with van der Waals surface area (Å²) in [7, 11) is 0. The van der Waals surface area contributed by atoms with Gasteiger partial charge in [-0.05, 0) is 31.2 Å². The zero-order valence-electron chi connectivity index (χ0n) is 13.1. The standard InChI is InChI=1S/C18H13F3O4/c1-10-16(17(22)23)13-8-12(6-7-15(13)25-10)24-9-11-4-2-3-5-14(11)18(19,20)21/h2-8H,9H2,1H3,(H,22,23). The molecule has 0 saturated heterocycles. The average Bonchev–Trinajstić information content (AvgIpc) is 2.87. The van der Waals surface area contributed by atoms with Gasteiger partial charge in [-0.1, -0.05) is 18.2 Å². The van der Waals surface area contributed by atoms with Crippen LogP contribution in [0.15, 0.2) is 46.9 Å². The van der Waals surface area contributed by atoms with E-state index in [1.807, 2.05) is 0 Å². The molecule has 4 nitrogen and oxygen atoms in total. The zero-order chi connectivity index (χ0) is 18.2. The number of carboxylic acids is 1. The van der Waals surface area contributed by atoms with Gasteiger partial charge in [-0.3, -0.25) is 0 Å². The minimum atomic E-state index is -4.47. The Morgan fingerprint density at radius 1 is 1.20 bits per heavy atom. The number of furan rings is 1. The molecule has 0 radical (unpaired) electrons. The van der Waals surface area contributed by atoms with E-state index in [2.05, 4.69) is 0 Å². The van der Waals surface area contributed by atoms with Crippen molar-refractivity contribution in [2.24, 2.45) is 0 Å². The Bertz CT molecular complexity index is 941. The van der Waals surface area contributed by atoms with Crippen molar-refractivity contribution in [2.75, 3.05) is 0 Å². The SMILES string of the molecule is Cc1oc2ccc(OCc3ccccc3C(F)(F)F)cc2c1C(=O)O. The van der Waals surface area contributed by atoms with Crippen LogP contribution in [-0.2, 0) is 12.8 Å². The van der Waals surface area contributed by atoms with Crippen molar-refractivity contribution >= 4 is 16.9 Å². The zero-order valence-corrected chi connectivity index (χ0v) is 13.1. The van der Waals surface area contributed by atoms with E-state index in [9.17, 15) is 23.1 Å². The molecule has 0 amide bonds. The van der Waals surface area contributed by atoms with Gasteiger partial charge >= 0.3 is 12.1 Å². The van der Waals surface area contributed by atoms with Crippen molar-refractivity contribution < 1.29 is 32.2 Å². The van der Waals surface area contributed by atoms with Crippen LogP contribution in [0.2, 0.25) is 0 Å². The Balaban J connectivity index is 1.90. The molecule has 130 valence electrons. The lowest BCUT2D eigenvalue weighted by molar-refractivity contribution is -0.138. The lowest BCUT2D eigenvalue weighted by Gasteiger charge is -2.13. The van der Waals surface area contributed by atoms with Gasteiger partial charge in [0.2, 0.25) is 0 Å². The third kappa shape index (κ3) is 3.31. The van der Waals surface area contributed by atoms with Gasteiger partial charge in [0.05, 0.1) is 5.56 Å². The van der Waals surface area contributed by atoms with Gasteiger partial charge in [-0.2, -0.15) is 13.2 Å². The number of aromatic carboxylic acids is 1. The van der Waals surface area contributed by atoms with Crippen molar-refractivity contribution in [2.45, 2.75) is 19.7 Å². The maximum Gasteiger partial charge on any atom is 0.416 e. The Morgan fingerprint density at radius 2 is 1.92 bits per heavy atom. The maximum atomic E-state index is 13.0. The average molecular weight is 350 g/mol. The summed E-state index contributed by atoms with van der Waals surface area (Å²) in [5.74, 6) is -0.634. The van der Waals surface area contributed by atoms with Crippen LogP contribution in [0.3, 0.4) is 0 Å². The first kappa shape index (κ1) is 16.9. The Morgan fingerprint density at radius 3 is 2.60 bits per heavy atom. The molecule has 0 spiro atoms. The predicted octanol–water partition coefficient (Wildman–Crippen LogP) is 5.04. The van der Waals surface area contributed by atoms with E-state index >= 15 is 0 Å². The predicted molar refractivity (Wildman–Crippen MR) is 83.7 cm³/mol. The summed E-state index contributed by atoms with van der Waals surface area (Å²) in [6, 6.07) is 9.64. The lowest BCUT2D eigenvalue weighted by Crippen LogP contribution is -2.10. The summed E-state index contributed by atoms with van der Waals surface area (Å²) >= 11 is 0. The molecule has 3 rings (SSSR count). The second kappa shape index (κ2) is 6.16. The van der Waals surface area contributed by atoms with Crippen LogP contribution in [0.4, 0.5) is 13.2 Å². The summed E-state index contributed by atoms with van der Waals surface area (Å²) in [6.07, 6.45) is -4.47. The quantitative estimate of drug-likeness (QED) is 0.716. The summed E-state index contributed by atoms with van der Waals surface area (Å²) in [5, 5.41) is 9.59. The van der Waals surface area contributed by atoms with Gasteiger partial charge in [-0.25, -0.2) is 4.79 Å². The molecular formula is C18H13F3O4. The number of ether oxygens (including phenoxy) is 1. The third-order valence-electron chi connectivity index (χ3n) is 3.77. The monoisotopic (exact) mass is 350 g/mol. The topological polar surface area (TPSA) is 59.7 Å². The highest BCUT2D eigenvalue weighted by Crippen LogP contribution is 2.33. The second-order valence-corrected chi connectivity index (χ2v) is 5.44. The molecule has 0 atom stereocenters. The maximum absolute atomic E-state index is 13.0. The van der Waals surface area contributed by atoms with Gasteiger partial charge in [0, 0.05) is 10.9 Å². The molecular weight excluding hydrogens is 337 g/mol. The Kier molecular flexibility index (Phi) is 4.16. The second-order valence-electron chi connectivity index (χ2n) is 5.44. The van der Waals surface area contributed by atoms with Gasteiger partial charge in [0.15, 0.2) is 0 Å². The molecule has 25 heavy (non-hydrogen) atoms. The number of aryl methyl sites for hydroxylation is 1. The van der Waals surface area contributed by atoms with Crippen LogP contribution in [-0.4, -0.2) is 11.1 Å². The first-order chi connectivity index (χ1) is 11.8. The number of fused-ring (bicyclic) bond motifs is 1. The van der Waals surface area contributed by atoms with Crippen molar-refractivity contribution in [3.05, 3.63) is 64.9 Å². The molecule has 7 heteroatoms. The van der Waals surface area contributed by atoms with Crippen molar-refractivity contribution in [1.82, 2.24) is 0 Å². The molecule has 3 aromatic rings. The molecule has 1 heterocycles. The van der Waals surface area contributed by atoms with Gasteiger partial charge in [-0.15, -0.1) is 0 Å². The molecule has 0 bridgehead atoms. The third-order valence-corrected chi connectivity index (χ3v) is 3.77. The van der Waals surface area contributed by atoms with Crippen molar-refractivity contribution in [3.8, 4) is 5.75 Å². The smallest absolute Gasteiger partial charge is 0.416 e. The number of carboxylic acid groups (broad SMARTS) is 1. The van der Waals surface area contributed by atoms with Crippen LogP contribution >= 0.6 is 0 Å². The highest BCUT2D eigenvalue weighted by molar-refractivity contribution is 6.03. The van der Waals surface area contributed by atoms with Gasteiger partial charge in [0.1, 0.15) is 29.3 Å². The first-order valence-electron chi connectivity index (χ1n) is 7.31. The number of carbonyl (C=O) groups is 1.